The highest BCUT2D eigenvalue weighted by Crippen LogP contribution is 2.10. The van der Waals surface area contributed by atoms with Gasteiger partial charge in [0, 0.05) is 0 Å². The lowest BCUT2D eigenvalue weighted by Crippen LogP contribution is -2.33. The number of aryl methyl sites for hydroxylation is 1. The summed E-state index contributed by atoms with van der Waals surface area (Å²) in [7, 11) is -3.90. The summed E-state index contributed by atoms with van der Waals surface area (Å²) >= 11 is 0. The molecular weight excluding hydrogens is 266 g/mol. The number of amides is 1. The summed E-state index contributed by atoms with van der Waals surface area (Å²) in [5, 5.41) is 0. The monoisotopic (exact) mass is 283 g/mol. The first-order valence-corrected chi connectivity index (χ1v) is 7.30. The molecule has 0 fully saturated rings. The summed E-state index contributed by atoms with van der Waals surface area (Å²) in [6, 6.07) is 6.16. The van der Waals surface area contributed by atoms with E-state index >= 15 is 0 Å². The molecule has 0 unspecified atom stereocenters. The summed E-state index contributed by atoms with van der Waals surface area (Å²) in [5.74, 6) is 0. The van der Waals surface area contributed by atoms with Crippen molar-refractivity contribution in [3.63, 3.8) is 0 Å². The molecular formula is C13H17NO4S. The van der Waals surface area contributed by atoms with Gasteiger partial charge in [-0.25, -0.2) is 17.9 Å². The molecule has 0 aliphatic carbocycles. The molecule has 1 N–H and O–H groups in total. The number of carbonyl (C=O) groups is 1. The molecule has 6 heteroatoms. The quantitative estimate of drug-likeness (QED) is 0.842. The van der Waals surface area contributed by atoms with E-state index < -0.39 is 22.2 Å². The van der Waals surface area contributed by atoms with E-state index in [-0.39, 0.29) is 4.90 Å². The molecule has 0 aliphatic rings. The van der Waals surface area contributed by atoms with E-state index in [0.717, 1.165) is 5.56 Å². The minimum absolute atomic E-state index is 0.0155. The smallest absolute Gasteiger partial charge is 0.421 e. The van der Waals surface area contributed by atoms with E-state index in [4.69, 9.17) is 4.74 Å². The normalized spacial score (nSPS) is 12.5. The standard InChI is InChI=1S/C13H17NO4S/c1-4-11(5-2)18-13(15)14-19(16,17)12-8-6-10(3)7-9-12/h4,6-9,11H,1,5H2,2-3H3,(H,14,15)/t11-/m1/s1. The molecule has 0 spiro atoms. The second kappa shape index (κ2) is 6.38. The Bertz CT molecular complexity index is 549. The molecule has 1 amide bonds. The van der Waals surface area contributed by atoms with Crippen LogP contribution in [0.3, 0.4) is 0 Å². The van der Waals surface area contributed by atoms with Crippen molar-refractivity contribution in [2.45, 2.75) is 31.3 Å². The van der Waals surface area contributed by atoms with Crippen LogP contribution in [0.4, 0.5) is 4.79 Å². The number of hydrogen-bond donors (Lipinski definition) is 1. The summed E-state index contributed by atoms with van der Waals surface area (Å²) in [6.07, 6.45) is 0.458. The lowest BCUT2D eigenvalue weighted by Gasteiger charge is -2.12. The highest BCUT2D eigenvalue weighted by molar-refractivity contribution is 7.90. The fourth-order valence-electron chi connectivity index (χ4n) is 1.35. The molecule has 19 heavy (non-hydrogen) atoms. The van der Waals surface area contributed by atoms with E-state index in [0.29, 0.717) is 6.42 Å². The number of benzene rings is 1. The molecule has 1 rings (SSSR count). The lowest BCUT2D eigenvalue weighted by atomic mass is 10.2. The number of sulfonamides is 1. The number of carbonyl (C=O) groups excluding carboxylic acids is 1. The average molecular weight is 283 g/mol. The Morgan fingerprint density at radius 2 is 2.00 bits per heavy atom. The fourth-order valence-corrected chi connectivity index (χ4v) is 2.23. The third-order valence-electron chi connectivity index (χ3n) is 2.47. The van der Waals surface area contributed by atoms with E-state index in [9.17, 15) is 13.2 Å². The first kappa shape index (κ1) is 15.2. The molecule has 1 atom stereocenters. The van der Waals surface area contributed by atoms with Crippen LogP contribution in [0.1, 0.15) is 18.9 Å². The van der Waals surface area contributed by atoms with Crippen molar-refractivity contribution in [3.05, 3.63) is 42.5 Å². The van der Waals surface area contributed by atoms with Gasteiger partial charge in [-0.05, 0) is 25.5 Å². The number of ether oxygens (including phenoxy) is 1. The van der Waals surface area contributed by atoms with Crippen LogP contribution < -0.4 is 4.72 Å². The van der Waals surface area contributed by atoms with Gasteiger partial charge in [0.15, 0.2) is 0 Å². The molecule has 0 bridgehead atoms. The number of hydrogen-bond acceptors (Lipinski definition) is 4. The van der Waals surface area contributed by atoms with Crippen molar-refractivity contribution in [2.24, 2.45) is 0 Å². The number of rotatable bonds is 5. The Morgan fingerprint density at radius 1 is 1.42 bits per heavy atom. The summed E-state index contributed by atoms with van der Waals surface area (Å²) in [6.45, 7) is 7.14. The van der Waals surface area contributed by atoms with Crippen LogP contribution in [0.25, 0.3) is 0 Å². The third kappa shape index (κ3) is 4.40. The fraction of sp³-hybridized carbons (Fsp3) is 0.308. The topological polar surface area (TPSA) is 72.5 Å². The van der Waals surface area contributed by atoms with Crippen molar-refractivity contribution in [2.75, 3.05) is 0 Å². The molecule has 1 aromatic carbocycles. The molecule has 0 radical (unpaired) electrons. The van der Waals surface area contributed by atoms with Crippen molar-refractivity contribution in [1.82, 2.24) is 4.72 Å². The first-order valence-electron chi connectivity index (χ1n) is 5.81. The Morgan fingerprint density at radius 3 is 2.47 bits per heavy atom. The largest absolute Gasteiger partial charge is 0.441 e. The van der Waals surface area contributed by atoms with Crippen molar-refractivity contribution in [1.29, 1.82) is 0 Å². The summed E-state index contributed by atoms with van der Waals surface area (Å²) < 4.78 is 30.5. The Labute approximate surface area is 113 Å². The Kier molecular flexibility index (Phi) is 5.11. The zero-order valence-corrected chi connectivity index (χ0v) is 11.7. The van der Waals surface area contributed by atoms with Gasteiger partial charge < -0.3 is 4.74 Å². The molecule has 0 aliphatic heterocycles. The van der Waals surface area contributed by atoms with Crippen LogP contribution >= 0.6 is 0 Å². The zero-order chi connectivity index (χ0) is 14.5. The molecule has 0 aromatic heterocycles. The van der Waals surface area contributed by atoms with Crippen molar-refractivity contribution in [3.8, 4) is 0 Å². The van der Waals surface area contributed by atoms with Crippen LogP contribution in [-0.4, -0.2) is 20.6 Å². The van der Waals surface area contributed by atoms with Crippen molar-refractivity contribution >= 4 is 16.1 Å². The van der Waals surface area contributed by atoms with Gasteiger partial charge in [-0.1, -0.05) is 37.3 Å². The maximum Gasteiger partial charge on any atom is 0.421 e. The summed E-state index contributed by atoms with van der Waals surface area (Å²) in [5.41, 5.74) is 0.930. The minimum atomic E-state index is -3.90. The average Bonchev–Trinajstić information content (AvgIpc) is 2.35. The Hall–Kier alpha value is -1.82. The lowest BCUT2D eigenvalue weighted by molar-refractivity contribution is 0.123. The molecule has 5 nitrogen and oxygen atoms in total. The van der Waals surface area contributed by atoms with Gasteiger partial charge in [0.1, 0.15) is 6.10 Å². The van der Waals surface area contributed by atoms with Crippen LogP contribution in [0.15, 0.2) is 41.8 Å². The molecule has 104 valence electrons. The van der Waals surface area contributed by atoms with Gasteiger partial charge in [0.25, 0.3) is 10.0 Å². The maximum absolute atomic E-state index is 11.9. The van der Waals surface area contributed by atoms with Gasteiger partial charge in [-0.15, -0.1) is 0 Å². The molecule has 1 aromatic rings. The van der Waals surface area contributed by atoms with Crippen molar-refractivity contribution < 1.29 is 17.9 Å². The van der Waals surface area contributed by atoms with Gasteiger partial charge >= 0.3 is 6.09 Å². The number of nitrogens with one attached hydrogen (secondary N) is 1. The SMILES string of the molecule is C=C[C@H](CC)OC(=O)NS(=O)(=O)c1ccc(C)cc1. The molecule has 0 saturated heterocycles. The van der Waals surface area contributed by atoms with E-state index in [1.807, 2.05) is 11.6 Å². The maximum atomic E-state index is 11.9. The van der Waals surface area contributed by atoms with Gasteiger partial charge in [-0.3, -0.25) is 0 Å². The van der Waals surface area contributed by atoms with E-state index in [2.05, 4.69) is 6.58 Å². The second-order valence-electron chi connectivity index (χ2n) is 4.01. The van der Waals surface area contributed by atoms with Crippen LogP contribution in [0, 0.1) is 6.92 Å². The van der Waals surface area contributed by atoms with E-state index in [1.165, 1.54) is 18.2 Å². The predicted octanol–water partition coefficient (Wildman–Crippen LogP) is 2.37. The third-order valence-corrected chi connectivity index (χ3v) is 3.80. The molecule has 0 saturated carbocycles. The van der Waals surface area contributed by atoms with Crippen LogP contribution in [0.2, 0.25) is 0 Å². The zero-order valence-electron chi connectivity index (χ0n) is 10.9. The highest BCUT2D eigenvalue weighted by atomic mass is 32.2. The highest BCUT2D eigenvalue weighted by Gasteiger charge is 2.19. The summed E-state index contributed by atoms with van der Waals surface area (Å²) in [4.78, 5) is 11.5. The predicted molar refractivity (Wildman–Crippen MR) is 72.3 cm³/mol. The van der Waals surface area contributed by atoms with Crippen LogP contribution in [0.5, 0.6) is 0 Å². The van der Waals surface area contributed by atoms with Gasteiger partial charge in [0.2, 0.25) is 0 Å². The van der Waals surface area contributed by atoms with E-state index in [1.54, 1.807) is 19.1 Å². The molecule has 0 heterocycles. The van der Waals surface area contributed by atoms with Gasteiger partial charge in [0.05, 0.1) is 4.90 Å². The minimum Gasteiger partial charge on any atom is -0.441 e. The first-order chi connectivity index (χ1) is 8.89. The Balaban J connectivity index is 2.77. The van der Waals surface area contributed by atoms with Crippen LogP contribution in [-0.2, 0) is 14.8 Å². The van der Waals surface area contributed by atoms with Gasteiger partial charge in [-0.2, -0.15) is 0 Å². The second-order valence-corrected chi connectivity index (χ2v) is 5.69.